The van der Waals surface area contributed by atoms with Gasteiger partial charge in [0.2, 0.25) is 0 Å². The Morgan fingerprint density at radius 3 is 1.71 bits per heavy atom. The van der Waals surface area contributed by atoms with Crippen molar-refractivity contribution in [1.29, 1.82) is 0 Å². The Hall–Kier alpha value is -2.39. The molecule has 0 saturated carbocycles. The number of esters is 3. The van der Waals surface area contributed by atoms with Gasteiger partial charge in [0.25, 0.3) is 0 Å². The molecule has 0 spiro atoms. The Bertz CT molecular complexity index is 1830. The molecule has 0 unspecified atom stereocenters. The highest BCUT2D eigenvalue weighted by atomic mass is 16.8. The van der Waals surface area contributed by atoms with Gasteiger partial charge in [0.15, 0.2) is 49.8 Å². The lowest BCUT2D eigenvalue weighted by Crippen LogP contribution is -2.67. The Morgan fingerprint density at radius 2 is 1.09 bits per heavy atom. The fourth-order valence-electron chi connectivity index (χ4n) is 10.3. The highest BCUT2D eigenvalue weighted by Gasteiger charge is 2.57. The summed E-state index contributed by atoms with van der Waals surface area (Å²) in [7, 11) is 0. The minimum Gasteiger partial charge on any atom is -0.457 e. The lowest BCUT2D eigenvalue weighted by Gasteiger charge is -2.49. The van der Waals surface area contributed by atoms with Crippen molar-refractivity contribution in [1.82, 2.24) is 0 Å². The number of carbonyl (C=O) groups is 3. The molecule has 6 aliphatic heterocycles. The summed E-state index contributed by atoms with van der Waals surface area (Å²) in [6.45, 7) is 11.0. The van der Waals surface area contributed by atoms with Gasteiger partial charge in [-0.2, -0.15) is 0 Å². The van der Waals surface area contributed by atoms with E-state index in [4.69, 9.17) is 61.6 Å². The minimum absolute atomic E-state index is 0.0746. The molecule has 26 heteroatoms. The van der Waals surface area contributed by atoms with Gasteiger partial charge in [-0.1, -0.05) is 51.9 Å². The number of ether oxygens (including phenoxy) is 13. The van der Waals surface area contributed by atoms with Crippen LogP contribution in [0.25, 0.3) is 0 Å². The van der Waals surface area contributed by atoms with Crippen molar-refractivity contribution >= 4 is 17.9 Å². The van der Waals surface area contributed by atoms with E-state index in [9.17, 15) is 65.4 Å². The topological polar surface area (TPSA) is 374 Å². The van der Waals surface area contributed by atoms with Crippen LogP contribution < -0.4 is 0 Å². The Kier molecular flexibility index (Phi) is 24.1. The number of aliphatic hydroxyl groups is 10. The zero-order chi connectivity index (χ0) is 56.6. The average Bonchev–Trinajstić information content (AvgIpc) is 3.38. The molecule has 77 heavy (non-hydrogen) atoms. The summed E-state index contributed by atoms with van der Waals surface area (Å²) in [5.41, 5.74) is 0. The van der Waals surface area contributed by atoms with Crippen LogP contribution in [0, 0.1) is 5.92 Å². The molecule has 0 aliphatic carbocycles. The van der Waals surface area contributed by atoms with Crippen molar-refractivity contribution in [2.75, 3.05) is 6.61 Å². The quantitative estimate of drug-likeness (QED) is 0.0986. The summed E-state index contributed by atoms with van der Waals surface area (Å²) in [6.07, 6.45) is -34.9. The molecule has 446 valence electrons. The maximum atomic E-state index is 13.5. The van der Waals surface area contributed by atoms with Crippen molar-refractivity contribution < 1.29 is 127 Å². The van der Waals surface area contributed by atoms with Gasteiger partial charge in [0.1, 0.15) is 79.4 Å². The van der Waals surface area contributed by atoms with Crippen LogP contribution in [0.5, 0.6) is 0 Å². The first-order valence-electron chi connectivity index (χ1n) is 27.3. The summed E-state index contributed by atoms with van der Waals surface area (Å²) in [5.74, 6) is -3.42. The molecule has 10 N–H and O–H groups in total. The largest absolute Gasteiger partial charge is 0.457 e. The third-order valence-electron chi connectivity index (χ3n) is 15.3. The highest BCUT2D eigenvalue weighted by Crippen LogP contribution is 2.37. The summed E-state index contributed by atoms with van der Waals surface area (Å²) in [6, 6.07) is 0. The summed E-state index contributed by atoms with van der Waals surface area (Å²) < 4.78 is 78.4. The zero-order valence-electron chi connectivity index (χ0n) is 45.2. The first kappa shape index (κ1) is 63.8. The van der Waals surface area contributed by atoms with Gasteiger partial charge in [-0.25, -0.2) is 0 Å². The van der Waals surface area contributed by atoms with Crippen LogP contribution in [0.3, 0.4) is 0 Å². The molecular formula is C51H86O26. The van der Waals surface area contributed by atoms with E-state index in [1.807, 2.05) is 6.92 Å². The number of hydrogen-bond acceptors (Lipinski definition) is 26. The standard InChI is InChI=1S/C51H86O26/c1-9-17-28-18-15-13-11-10-12-14-16-19-30(54)73-45-39(63)41(74-46(64)21(2)22(3)52)26(7)69-50(45)76-42-34(58)31(55)23(4)66-48(42)65-20-29-33(57)36(60)44(75-47-38(62)37(61)40(25(6)68-47)70-27(8)53)51(72-29)77-43-35(59)32(56)24(5)67-49(43)71-28/h21-26,28-29,31-45,47-52,55-63H,9-20H2,1-8H3/t21-,22-,23-,24-,25+,26+,28+,29-,31-,32-,33-,34+,35+,36+,37+,38-,39-,40+,41+,42-,43-,44-,45-,47+,48-,49+,50+,51+/m1/s1. The number of hydrogen-bond donors (Lipinski definition) is 10. The molecule has 28 atom stereocenters. The molecule has 26 nitrogen and oxygen atoms in total. The number of rotatable bonds is 8. The lowest BCUT2D eigenvalue weighted by atomic mass is 9.96. The molecule has 0 radical (unpaired) electrons. The average molecular weight is 1120 g/mol. The van der Waals surface area contributed by atoms with Crippen LogP contribution in [0.2, 0.25) is 0 Å². The van der Waals surface area contributed by atoms with E-state index in [0.29, 0.717) is 32.1 Å². The fraction of sp³-hybridized carbons (Fsp3) is 0.941. The molecule has 0 aromatic heterocycles. The monoisotopic (exact) mass is 1110 g/mol. The predicted octanol–water partition coefficient (Wildman–Crippen LogP) is -1.41. The second kappa shape index (κ2) is 29.0. The van der Waals surface area contributed by atoms with Crippen molar-refractivity contribution in [3.8, 4) is 0 Å². The zero-order valence-corrected chi connectivity index (χ0v) is 45.2. The van der Waals surface area contributed by atoms with Gasteiger partial charge < -0.3 is 113 Å². The Morgan fingerprint density at radius 1 is 0.558 bits per heavy atom. The molecule has 0 aromatic rings. The molecular weight excluding hydrogens is 1030 g/mol. The van der Waals surface area contributed by atoms with Crippen LogP contribution in [-0.4, -0.2) is 241 Å². The molecule has 6 fully saturated rings. The Labute approximate surface area is 448 Å². The fourth-order valence-corrected chi connectivity index (χ4v) is 10.3. The Balaban J connectivity index is 1.33. The predicted molar refractivity (Wildman–Crippen MR) is 258 cm³/mol. The third kappa shape index (κ3) is 16.0. The molecule has 2 bridgehead atoms. The van der Waals surface area contributed by atoms with Crippen LogP contribution in [0.1, 0.15) is 126 Å². The molecule has 6 saturated heterocycles. The highest BCUT2D eigenvalue weighted by molar-refractivity contribution is 5.73. The minimum atomic E-state index is -2.04. The van der Waals surface area contributed by atoms with Gasteiger partial charge in [-0.05, 0) is 60.8 Å². The molecule has 6 rings (SSSR count). The second-order valence-corrected chi connectivity index (χ2v) is 21.5. The van der Waals surface area contributed by atoms with E-state index in [2.05, 4.69) is 0 Å². The van der Waals surface area contributed by atoms with Gasteiger partial charge in [-0.3, -0.25) is 14.4 Å². The number of fused-ring (bicyclic) bond motifs is 5. The second-order valence-electron chi connectivity index (χ2n) is 21.5. The van der Waals surface area contributed by atoms with Crippen molar-refractivity contribution in [3.63, 3.8) is 0 Å². The number of carbonyl (C=O) groups excluding carboxylic acids is 3. The SMILES string of the molecule is CCC[C@H]1CCCCCCCCCC(=O)O[C@H]2[C@H](O[C@H]3[C@H](OC[C@H]4O[C@@H](O[C@H]5[C@H](O1)O[C@H](C)[C@@H](O)[C@@H]5O)[C@H](O[C@@H]1O[C@@H](C)[C@H](OC(C)=O)[C@@H](O)[C@H]1O)[C@@H](O)[C@@H]4O)O[C@H](C)[C@@H](O)[C@@H]3O)O[C@@H](C)[C@H](OC(=O)[C@H](C)[C@@H](C)O)[C@H]2O. The summed E-state index contributed by atoms with van der Waals surface area (Å²) in [5, 5.41) is 113. The summed E-state index contributed by atoms with van der Waals surface area (Å²) >= 11 is 0. The molecule has 6 aliphatic rings. The number of aliphatic hydroxyl groups excluding tert-OH is 10. The summed E-state index contributed by atoms with van der Waals surface area (Å²) in [4.78, 5) is 38.4. The van der Waals surface area contributed by atoms with Crippen LogP contribution in [0.15, 0.2) is 0 Å². The van der Waals surface area contributed by atoms with Gasteiger partial charge in [-0.15, -0.1) is 0 Å². The van der Waals surface area contributed by atoms with E-state index >= 15 is 0 Å². The van der Waals surface area contributed by atoms with Crippen molar-refractivity contribution in [2.24, 2.45) is 5.92 Å². The molecule has 0 aromatic carbocycles. The van der Waals surface area contributed by atoms with E-state index in [0.717, 1.165) is 39.0 Å². The molecule has 0 amide bonds. The normalized spacial score (nSPS) is 46.4. The van der Waals surface area contributed by atoms with E-state index in [1.165, 1.54) is 41.5 Å². The maximum Gasteiger partial charge on any atom is 0.311 e. The first-order valence-corrected chi connectivity index (χ1v) is 27.3. The van der Waals surface area contributed by atoms with Gasteiger partial charge >= 0.3 is 17.9 Å². The van der Waals surface area contributed by atoms with Crippen LogP contribution >= 0.6 is 0 Å². The van der Waals surface area contributed by atoms with E-state index in [1.54, 1.807) is 0 Å². The smallest absolute Gasteiger partial charge is 0.311 e. The first-order chi connectivity index (χ1) is 36.4. The third-order valence-corrected chi connectivity index (χ3v) is 15.3. The van der Waals surface area contributed by atoms with Crippen molar-refractivity contribution in [2.45, 2.75) is 292 Å². The lowest BCUT2D eigenvalue weighted by molar-refractivity contribution is -0.398. The van der Waals surface area contributed by atoms with Crippen LogP contribution in [-0.2, 0) is 76.0 Å². The van der Waals surface area contributed by atoms with Gasteiger partial charge in [0.05, 0.1) is 49.1 Å². The molecule has 6 heterocycles. The van der Waals surface area contributed by atoms with Gasteiger partial charge in [0, 0.05) is 13.3 Å². The van der Waals surface area contributed by atoms with E-state index in [-0.39, 0.29) is 6.42 Å². The van der Waals surface area contributed by atoms with Crippen LogP contribution in [0.4, 0.5) is 0 Å². The van der Waals surface area contributed by atoms with Crippen molar-refractivity contribution in [3.05, 3.63) is 0 Å². The van der Waals surface area contributed by atoms with E-state index < -0.39 is 196 Å². The maximum absolute atomic E-state index is 13.5.